The molecule has 0 aromatic heterocycles. The molecular formula is C31H32F2N2O5S. The van der Waals surface area contributed by atoms with Crippen LogP contribution in [0.4, 0.5) is 14.5 Å². The van der Waals surface area contributed by atoms with Gasteiger partial charge in [0.25, 0.3) is 0 Å². The topological polar surface area (TPSA) is 96.9 Å². The van der Waals surface area contributed by atoms with Gasteiger partial charge in [-0.3, -0.25) is 4.72 Å². The maximum atomic E-state index is 12.6. The molecule has 0 heterocycles. The van der Waals surface area contributed by atoms with E-state index in [2.05, 4.69) is 14.8 Å². The first kappa shape index (κ1) is 30.0. The third-order valence-corrected chi connectivity index (χ3v) is 6.86. The van der Waals surface area contributed by atoms with Gasteiger partial charge in [-0.2, -0.15) is 8.78 Å². The smallest absolute Gasteiger partial charge is 0.387 e. The number of nitrogens with one attached hydrogen (secondary N) is 2. The molecule has 0 fully saturated rings. The van der Waals surface area contributed by atoms with E-state index >= 15 is 0 Å². The van der Waals surface area contributed by atoms with Crippen LogP contribution in [0.2, 0.25) is 0 Å². The van der Waals surface area contributed by atoms with Gasteiger partial charge in [0.1, 0.15) is 18.1 Å². The fraction of sp³-hybridized carbons (Fsp3) is 0.226. The summed E-state index contributed by atoms with van der Waals surface area (Å²) in [6.07, 6.45) is 0.637. The number of hydrogen-bond acceptors (Lipinski definition) is 6. The Balaban J connectivity index is 1.50. The van der Waals surface area contributed by atoms with E-state index in [1.807, 2.05) is 60.7 Å². The van der Waals surface area contributed by atoms with Gasteiger partial charge in [-0.15, -0.1) is 0 Å². The predicted molar refractivity (Wildman–Crippen MR) is 155 cm³/mol. The van der Waals surface area contributed by atoms with Crippen molar-refractivity contribution < 1.29 is 31.8 Å². The second kappa shape index (κ2) is 14.1. The number of anilines is 1. The van der Waals surface area contributed by atoms with Crippen LogP contribution in [0.5, 0.6) is 11.5 Å². The zero-order valence-electron chi connectivity index (χ0n) is 22.4. The average molecular weight is 583 g/mol. The minimum atomic E-state index is -3.62. The summed E-state index contributed by atoms with van der Waals surface area (Å²) in [7, 11) is -3.62. The molecule has 0 bridgehead atoms. The SMILES string of the molecule is CS(=O)(=O)Nc1cc([C@@H](O)CNC(Cc2ccccc2)c2ccc(OC(F)F)cc2)ccc1OCc1ccccc1. The molecule has 0 radical (unpaired) electrons. The third kappa shape index (κ3) is 9.56. The fourth-order valence-electron chi connectivity index (χ4n) is 4.31. The average Bonchev–Trinajstić information content (AvgIpc) is 2.95. The highest BCUT2D eigenvalue weighted by Crippen LogP contribution is 2.30. The first-order valence-electron chi connectivity index (χ1n) is 12.9. The normalized spacial score (nSPS) is 13.0. The van der Waals surface area contributed by atoms with Crippen molar-refractivity contribution in [1.29, 1.82) is 0 Å². The summed E-state index contributed by atoms with van der Waals surface area (Å²) >= 11 is 0. The van der Waals surface area contributed by atoms with E-state index in [0.717, 1.165) is 22.9 Å². The summed E-state index contributed by atoms with van der Waals surface area (Å²) in [5.41, 5.74) is 3.49. The second-order valence-corrected chi connectivity index (χ2v) is 11.3. The van der Waals surface area contributed by atoms with Crippen LogP contribution in [0.15, 0.2) is 103 Å². The van der Waals surface area contributed by atoms with Crippen molar-refractivity contribution in [2.45, 2.75) is 31.8 Å². The minimum absolute atomic E-state index is 0.0581. The molecule has 3 N–H and O–H groups in total. The molecule has 0 aliphatic rings. The number of benzene rings is 4. The summed E-state index contributed by atoms with van der Waals surface area (Å²) in [5, 5.41) is 14.4. The van der Waals surface area contributed by atoms with Gasteiger partial charge in [0, 0.05) is 12.6 Å². The van der Waals surface area contributed by atoms with Gasteiger partial charge in [0.2, 0.25) is 10.0 Å². The van der Waals surface area contributed by atoms with Crippen LogP contribution in [0.1, 0.15) is 34.4 Å². The van der Waals surface area contributed by atoms with E-state index < -0.39 is 22.7 Å². The zero-order valence-corrected chi connectivity index (χ0v) is 23.2. The highest BCUT2D eigenvalue weighted by molar-refractivity contribution is 7.92. The van der Waals surface area contributed by atoms with E-state index in [0.29, 0.717) is 17.7 Å². The van der Waals surface area contributed by atoms with Crippen LogP contribution in [0, 0.1) is 0 Å². The van der Waals surface area contributed by atoms with E-state index in [1.54, 1.807) is 30.3 Å². The molecule has 7 nitrogen and oxygen atoms in total. The lowest BCUT2D eigenvalue weighted by molar-refractivity contribution is -0.0498. The molecule has 4 aromatic carbocycles. The van der Waals surface area contributed by atoms with E-state index in [-0.39, 0.29) is 30.6 Å². The lowest BCUT2D eigenvalue weighted by atomic mass is 9.98. The molecule has 10 heteroatoms. The first-order chi connectivity index (χ1) is 19.7. The number of alkyl halides is 2. The lowest BCUT2D eigenvalue weighted by Crippen LogP contribution is -2.28. The molecule has 0 saturated heterocycles. The fourth-order valence-corrected chi connectivity index (χ4v) is 4.87. The number of aliphatic hydroxyl groups excluding tert-OH is 1. The molecule has 41 heavy (non-hydrogen) atoms. The van der Waals surface area contributed by atoms with Crippen LogP contribution < -0.4 is 19.5 Å². The molecule has 216 valence electrons. The van der Waals surface area contributed by atoms with Crippen molar-refractivity contribution in [2.75, 3.05) is 17.5 Å². The quantitative estimate of drug-likeness (QED) is 0.173. The van der Waals surface area contributed by atoms with Crippen LogP contribution in [-0.2, 0) is 23.1 Å². The van der Waals surface area contributed by atoms with Gasteiger partial charge in [-0.25, -0.2) is 8.42 Å². The van der Waals surface area contributed by atoms with Crippen LogP contribution in [-0.4, -0.2) is 32.9 Å². The molecule has 0 saturated carbocycles. The minimum Gasteiger partial charge on any atom is -0.487 e. The standard InChI is InChI=1S/C31H32F2N2O5S/c1-41(37,38)35-28-19-25(14-17-30(28)39-21-23-10-6-3-7-11-23)29(36)20-34-27(18-22-8-4-2-5-9-22)24-12-15-26(16-13-24)40-31(32)33/h2-17,19,27,29,31,34-36H,18,20-21H2,1H3/t27?,29-/m0/s1. The van der Waals surface area contributed by atoms with Crippen molar-refractivity contribution in [3.05, 3.63) is 125 Å². The summed E-state index contributed by atoms with van der Waals surface area (Å²) in [5.74, 6) is 0.388. The Morgan fingerprint density at radius 1 is 0.829 bits per heavy atom. The molecule has 1 unspecified atom stereocenters. The Bertz CT molecular complexity index is 1490. The van der Waals surface area contributed by atoms with Crippen molar-refractivity contribution in [2.24, 2.45) is 0 Å². The highest BCUT2D eigenvalue weighted by atomic mass is 32.2. The van der Waals surface area contributed by atoms with Gasteiger partial charge in [-0.05, 0) is 52.9 Å². The number of halogens is 2. The molecule has 0 aliphatic carbocycles. The Morgan fingerprint density at radius 3 is 2.05 bits per heavy atom. The van der Waals surface area contributed by atoms with Gasteiger partial charge < -0.3 is 19.9 Å². The van der Waals surface area contributed by atoms with Crippen molar-refractivity contribution in [3.8, 4) is 11.5 Å². The Labute approximate surface area is 238 Å². The van der Waals surface area contributed by atoms with Gasteiger partial charge >= 0.3 is 6.61 Å². The summed E-state index contributed by atoms with van der Waals surface area (Å²) < 4.78 is 62.1. The molecule has 0 spiro atoms. The second-order valence-electron chi connectivity index (χ2n) is 9.52. The van der Waals surface area contributed by atoms with E-state index in [1.165, 1.54) is 12.1 Å². The number of ether oxygens (including phenoxy) is 2. The largest absolute Gasteiger partial charge is 0.487 e. The third-order valence-electron chi connectivity index (χ3n) is 6.27. The summed E-state index contributed by atoms with van der Waals surface area (Å²) in [6, 6.07) is 30.2. The van der Waals surface area contributed by atoms with Crippen LogP contribution in [0.3, 0.4) is 0 Å². The van der Waals surface area contributed by atoms with Crippen molar-refractivity contribution >= 4 is 15.7 Å². The Hall–Kier alpha value is -3.99. The maximum Gasteiger partial charge on any atom is 0.387 e. The van der Waals surface area contributed by atoms with Gasteiger partial charge in [0.05, 0.1) is 18.0 Å². The number of aliphatic hydroxyl groups is 1. The van der Waals surface area contributed by atoms with E-state index in [4.69, 9.17) is 4.74 Å². The van der Waals surface area contributed by atoms with E-state index in [9.17, 15) is 22.3 Å². The van der Waals surface area contributed by atoms with Gasteiger partial charge in [-0.1, -0.05) is 78.9 Å². The number of sulfonamides is 1. The summed E-state index contributed by atoms with van der Waals surface area (Å²) in [6.45, 7) is -2.54. The Morgan fingerprint density at radius 2 is 1.44 bits per heavy atom. The molecular weight excluding hydrogens is 550 g/mol. The lowest BCUT2D eigenvalue weighted by Gasteiger charge is -2.23. The summed E-state index contributed by atoms with van der Waals surface area (Å²) in [4.78, 5) is 0. The van der Waals surface area contributed by atoms with Crippen molar-refractivity contribution in [3.63, 3.8) is 0 Å². The molecule has 4 rings (SSSR count). The molecule has 2 atom stereocenters. The molecule has 0 amide bonds. The number of rotatable bonds is 14. The predicted octanol–water partition coefficient (Wildman–Crippen LogP) is 5.85. The molecule has 0 aliphatic heterocycles. The zero-order chi connectivity index (χ0) is 29.2. The van der Waals surface area contributed by atoms with Crippen LogP contribution >= 0.6 is 0 Å². The van der Waals surface area contributed by atoms with Crippen molar-refractivity contribution in [1.82, 2.24) is 5.32 Å². The first-order valence-corrected chi connectivity index (χ1v) is 14.8. The molecule has 4 aromatic rings. The Kier molecular flexibility index (Phi) is 10.3. The number of hydrogen-bond donors (Lipinski definition) is 3. The van der Waals surface area contributed by atoms with Gasteiger partial charge in [0.15, 0.2) is 0 Å². The monoisotopic (exact) mass is 582 g/mol. The van der Waals surface area contributed by atoms with Crippen LogP contribution in [0.25, 0.3) is 0 Å². The highest BCUT2D eigenvalue weighted by Gasteiger charge is 2.18. The maximum absolute atomic E-state index is 12.6.